The molecule has 3 N–H and O–H groups in total. The molecule has 8 heteroatoms. The van der Waals surface area contributed by atoms with Gasteiger partial charge in [-0.1, -0.05) is 30.3 Å². The third kappa shape index (κ3) is 4.79. The van der Waals surface area contributed by atoms with E-state index in [0.29, 0.717) is 22.8 Å². The number of nitrogens with zero attached hydrogens (tertiary/aromatic N) is 2. The van der Waals surface area contributed by atoms with Crippen LogP contribution < -0.4 is 14.9 Å². The summed E-state index contributed by atoms with van der Waals surface area (Å²) < 4.78 is 11.2. The normalized spacial score (nSPS) is 11.3. The van der Waals surface area contributed by atoms with E-state index in [1.807, 2.05) is 56.3 Å². The number of aromatic hydroxyl groups is 1. The van der Waals surface area contributed by atoms with Crippen LogP contribution in [0.5, 0.6) is 17.2 Å². The number of carbonyl (C=O) groups excluding carboxylic acids is 1. The number of nitrogens with one attached hydrogen (secondary N) is 2. The fourth-order valence-electron chi connectivity index (χ4n) is 3.40. The van der Waals surface area contributed by atoms with Gasteiger partial charge in [0.2, 0.25) is 0 Å². The van der Waals surface area contributed by atoms with E-state index in [0.717, 1.165) is 16.3 Å². The largest absolute Gasteiger partial charge is 0.507 e. The molecule has 0 fully saturated rings. The Kier molecular flexibility index (Phi) is 6.26. The van der Waals surface area contributed by atoms with Crippen molar-refractivity contribution in [1.82, 2.24) is 15.6 Å². The Bertz CT molecular complexity index is 1330. The summed E-state index contributed by atoms with van der Waals surface area (Å²) in [5.41, 5.74) is 4.57. The molecule has 8 nitrogen and oxygen atoms in total. The first-order chi connectivity index (χ1) is 16.0. The second-order valence-corrected chi connectivity index (χ2v) is 7.62. The molecule has 0 saturated carbocycles. The number of carbonyl (C=O) groups is 1. The molecule has 4 aromatic rings. The van der Waals surface area contributed by atoms with Gasteiger partial charge >= 0.3 is 0 Å². The molecule has 1 heterocycles. The maximum Gasteiger partial charge on any atom is 0.289 e. The third-order valence-electron chi connectivity index (χ3n) is 4.95. The predicted molar refractivity (Wildman–Crippen MR) is 127 cm³/mol. The number of phenols is 1. The molecule has 0 aliphatic carbocycles. The fraction of sp³-hybridized carbons (Fsp3) is 0.160. The van der Waals surface area contributed by atoms with Crippen molar-refractivity contribution in [1.29, 1.82) is 0 Å². The number of hydrogen-bond acceptors (Lipinski definition) is 6. The van der Waals surface area contributed by atoms with Gasteiger partial charge in [0.15, 0.2) is 11.5 Å². The summed E-state index contributed by atoms with van der Waals surface area (Å²) in [6.45, 7) is 3.88. The average molecular weight is 444 g/mol. The summed E-state index contributed by atoms with van der Waals surface area (Å²) in [5, 5.41) is 22.9. The summed E-state index contributed by atoms with van der Waals surface area (Å²) in [6, 6.07) is 18.1. The van der Waals surface area contributed by atoms with Gasteiger partial charge in [-0.2, -0.15) is 10.2 Å². The minimum absolute atomic E-state index is 0.0155. The highest BCUT2D eigenvalue weighted by Crippen LogP contribution is 2.32. The molecule has 0 aliphatic heterocycles. The molecular weight excluding hydrogens is 420 g/mol. The van der Waals surface area contributed by atoms with Gasteiger partial charge in [0.05, 0.1) is 25.1 Å². The van der Waals surface area contributed by atoms with Gasteiger partial charge in [-0.3, -0.25) is 9.89 Å². The second-order valence-electron chi connectivity index (χ2n) is 7.62. The minimum Gasteiger partial charge on any atom is -0.507 e. The van der Waals surface area contributed by atoms with Crippen molar-refractivity contribution in [2.45, 2.75) is 20.0 Å². The zero-order chi connectivity index (χ0) is 23.4. The van der Waals surface area contributed by atoms with Crippen LogP contribution in [0.15, 0.2) is 65.8 Å². The van der Waals surface area contributed by atoms with E-state index in [4.69, 9.17) is 9.47 Å². The molecule has 0 radical (unpaired) electrons. The smallest absolute Gasteiger partial charge is 0.289 e. The molecule has 0 saturated heterocycles. The number of H-pyrrole nitrogens is 1. The molecule has 4 rings (SSSR count). The SMILES string of the molecule is COc1cc(-c2cc(C(=O)N/N=C\c3c(O)ccc4ccccc34)[nH]n2)ccc1OC(C)C. The number of rotatable bonds is 7. The van der Waals surface area contributed by atoms with Crippen molar-refractivity contribution < 1.29 is 19.4 Å². The Morgan fingerprint density at radius 3 is 2.73 bits per heavy atom. The lowest BCUT2D eigenvalue weighted by molar-refractivity contribution is 0.0950. The maximum absolute atomic E-state index is 12.5. The zero-order valence-electron chi connectivity index (χ0n) is 18.5. The van der Waals surface area contributed by atoms with Crippen LogP contribution in [0.2, 0.25) is 0 Å². The Hall–Kier alpha value is -4.33. The summed E-state index contributed by atoms with van der Waals surface area (Å²) in [5.74, 6) is 0.830. The number of hydrogen-bond donors (Lipinski definition) is 3. The summed E-state index contributed by atoms with van der Waals surface area (Å²) >= 11 is 0. The van der Waals surface area contributed by atoms with Crippen LogP contribution in [0, 0.1) is 0 Å². The van der Waals surface area contributed by atoms with E-state index in [-0.39, 0.29) is 17.5 Å². The lowest BCUT2D eigenvalue weighted by atomic mass is 10.0. The van der Waals surface area contributed by atoms with Gasteiger partial charge < -0.3 is 14.6 Å². The van der Waals surface area contributed by atoms with Crippen molar-refractivity contribution >= 4 is 22.9 Å². The highest BCUT2D eigenvalue weighted by atomic mass is 16.5. The van der Waals surface area contributed by atoms with Crippen LogP contribution in [0.3, 0.4) is 0 Å². The first-order valence-corrected chi connectivity index (χ1v) is 10.4. The number of fused-ring (bicyclic) bond motifs is 1. The quantitative estimate of drug-likeness (QED) is 0.287. The molecule has 3 aromatic carbocycles. The molecule has 0 unspecified atom stereocenters. The lowest BCUT2D eigenvalue weighted by Crippen LogP contribution is -2.18. The van der Waals surface area contributed by atoms with Crippen LogP contribution in [0.4, 0.5) is 0 Å². The lowest BCUT2D eigenvalue weighted by Gasteiger charge is -2.14. The van der Waals surface area contributed by atoms with Crippen LogP contribution in [0.1, 0.15) is 29.9 Å². The molecule has 0 atom stereocenters. The van der Waals surface area contributed by atoms with Gasteiger partial charge in [0, 0.05) is 11.1 Å². The van der Waals surface area contributed by atoms with E-state index in [1.54, 1.807) is 25.3 Å². The Morgan fingerprint density at radius 1 is 1.12 bits per heavy atom. The molecule has 0 bridgehead atoms. The Labute approximate surface area is 190 Å². The van der Waals surface area contributed by atoms with Crippen molar-refractivity contribution in [2.75, 3.05) is 7.11 Å². The number of ether oxygens (including phenoxy) is 2. The van der Waals surface area contributed by atoms with Crippen molar-refractivity contribution in [3.8, 4) is 28.5 Å². The second kappa shape index (κ2) is 9.44. The van der Waals surface area contributed by atoms with Crippen LogP contribution in [-0.2, 0) is 0 Å². The third-order valence-corrected chi connectivity index (χ3v) is 4.95. The fourth-order valence-corrected chi connectivity index (χ4v) is 3.40. The van der Waals surface area contributed by atoms with E-state index < -0.39 is 5.91 Å². The van der Waals surface area contributed by atoms with Crippen molar-refractivity contribution in [2.24, 2.45) is 5.10 Å². The van der Waals surface area contributed by atoms with Crippen LogP contribution in [-0.4, -0.2) is 40.6 Å². The number of amides is 1. The van der Waals surface area contributed by atoms with E-state index in [2.05, 4.69) is 20.7 Å². The van der Waals surface area contributed by atoms with Crippen molar-refractivity contribution in [3.63, 3.8) is 0 Å². The van der Waals surface area contributed by atoms with Gasteiger partial charge in [-0.15, -0.1) is 0 Å². The van der Waals surface area contributed by atoms with Gasteiger partial charge in [-0.25, -0.2) is 5.43 Å². The Balaban J connectivity index is 1.50. The number of phenolic OH excluding ortho intramolecular Hbond substituents is 1. The number of benzene rings is 3. The molecule has 0 spiro atoms. The van der Waals surface area contributed by atoms with Crippen LogP contribution >= 0.6 is 0 Å². The highest BCUT2D eigenvalue weighted by molar-refractivity contribution is 6.03. The highest BCUT2D eigenvalue weighted by Gasteiger charge is 2.14. The van der Waals surface area contributed by atoms with E-state index >= 15 is 0 Å². The predicted octanol–water partition coefficient (Wildman–Crippen LogP) is 4.50. The first-order valence-electron chi connectivity index (χ1n) is 10.4. The first kappa shape index (κ1) is 21.9. The topological polar surface area (TPSA) is 109 Å². The van der Waals surface area contributed by atoms with E-state index in [1.165, 1.54) is 6.21 Å². The molecule has 0 aliphatic rings. The molecule has 1 amide bonds. The Morgan fingerprint density at radius 2 is 1.94 bits per heavy atom. The van der Waals surface area contributed by atoms with Gasteiger partial charge in [0.25, 0.3) is 5.91 Å². The molecule has 168 valence electrons. The monoisotopic (exact) mass is 444 g/mol. The number of hydrazone groups is 1. The maximum atomic E-state index is 12.5. The minimum atomic E-state index is -0.462. The van der Waals surface area contributed by atoms with Gasteiger partial charge in [0.1, 0.15) is 11.4 Å². The summed E-state index contributed by atoms with van der Waals surface area (Å²) in [4.78, 5) is 12.5. The van der Waals surface area contributed by atoms with Gasteiger partial charge in [-0.05, 0) is 55.0 Å². The summed E-state index contributed by atoms with van der Waals surface area (Å²) in [7, 11) is 1.57. The zero-order valence-corrected chi connectivity index (χ0v) is 18.5. The number of aromatic amines is 1. The summed E-state index contributed by atoms with van der Waals surface area (Å²) in [6.07, 6.45) is 1.44. The van der Waals surface area contributed by atoms with Crippen molar-refractivity contribution in [3.05, 3.63) is 71.9 Å². The standard InChI is InChI=1S/C25H24N4O4/c1-15(2)33-23-11-9-17(12-24(23)32-3)20-13-21(28-27-20)25(31)29-26-14-19-18-7-5-4-6-16(18)8-10-22(19)30/h4-15,30H,1-3H3,(H,27,28)(H,29,31)/b26-14-. The number of methoxy groups -OCH3 is 1. The molecule has 1 aromatic heterocycles. The van der Waals surface area contributed by atoms with Crippen LogP contribution in [0.25, 0.3) is 22.0 Å². The van der Waals surface area contributed by atoms with E-state index in [9.17, 15) is 9.90 Å². The number of aromatic nitrogens is 2. The average Bonchev–Trinajstić information content (AvgIpc) is 3.31. The molecular formula is C25H24N4O4. The molecule has 33 heavy (non-hydrogen) atoms.